The Balaban J connectivity index is 2.77. The van der Waals surface area contributed by atoms with E-state index >= 15 is 0 Å². The van der Waals surface area contributed by atoms with E-state index in [4.69, 9.17) is 5.11 Å². The van der Waals surface area contributed by atoms with Gasteiger partial charge in [0.05, 0.1) is 5.92 Å². The quantitative estimate of drug-likeness (QED) is 0.804. The molecule has 2 atom stereocenters. The number of thioether (sulfide) groups is 1. The Labute approximate surface area is 88.9 Å². The van der Waals surface area contributed by atoms with Crippen molar-refractivity contribution in [3.05, 3.63) is 11.1 Å². The van der Waals surface area contributed by atoms with Crippen LogP contribution < -0.4 is 0 Å². The van der Waals surface area contributed by atoms with Crippen LogP contribution in [0.2, 0.25) is 0 Å². The average Bonchev–Trinajstić information content (AvgIpc) is 2.44. The lowest BCUT2D eigenvalue weighted by Gasteiger charge is -2.22. The zero-order valence-corrected chi connectivity index (χ0v) is 8.89. The minimum absolute atomic E-state index is 0.229. The molecule has 0 aromatic carbocycles. The zero-order chi connectivity index (χ0) is 11.8. The first-order valence-electron chi connectivity index (χ1n) is 4.13. The Hall–Kier alpha value is -0.850. The molecule has 1 N–H and O–H groups in total. The Morgan fingerprint density at radius 2 is 2.20 bits per heavy atom. The van der Waals surface area contributed by atoms with Crippen LogP contribution in [0, 0.1) is 5.92 Å². The fourth-order valence-corrected chi connectivity index (χ4v) is 2.29. The van der Waals surface area contributed by atoms with Crippen LogP contribution in [0.1, 0.15) is 6.92 Å². The highest BCUT2D eigenvalue weighted by atomic mass is 32.2. The number of rotatable bonds is 2. The van der Waals surface area contributed by atoms with Gasteiger partial charge in [0.25, 0.3) is 0 Å². The topological polar surface area (TPSA) is 40.5 Å². The van der Waals surface area contributed by atoms with Crippen molar-refractivity contribution < 1.29 is 23.1 Å². The van der Waals surface area contributed by atoms with Gasteiger partial charge in [0, 0.05) is 18.2 Å². The van der Waals surface area contributed by atoms with E-state index in [1.807, 2.05) is 0 Å². The minimum Gasteiger partial charge on any atom is -0.481 e. The van der Waals surface area contributed by atoms with E-state index in [0.29, 0.717) is 11.8 Å². The summed E-state index contributed by atoms with van der Waals surface area (Å²) in [6.45, 7) is 1.37. The lowest BCUT2D eigenvalue weighted by atomic mass is 10.2. The molecule has 0 spiro atoms. The van der Waals surface area contributed by atoms with Crippen LogP contribution in [0.15, 0.2) is 11.1 Å². The van der Waals surface area contributed by atoms with Crippen LogP contribution in [0.5, 0.6) is 0 Å². The van der Waals surface area contributed by atoms with Gasteiger partial charge in [0.15, 0.2) is 5.37 Å². The van der Waals surface area contributed by atoms with Gasteiger partial charge in [-0.1, -0.05) is 11.8 Å². The lowest BCUT2D eigenvalue weighted by Crippen LogP contribution is -2.35. The number of hydrogen-bond donors (Lipinski definition) is 1. The molecule has 0 saturated carbocycles. The number of hydrogen-bond acceptors (Lipinski definition) is 3. The molecule has 1 heterocycles. The molecule has 0 radical (unpaired) electrons. The van der Waals surface area contributed by atoms with E-state index in [9.17, 15) is 18.0 Å². The number of aliphatic carboxylic acids is 1. The summed E-state index contributed by atoms with van der Waals surface area (Å²) < 4.78 is 37.2. The van der Waals surface area contributed by atoms with Crippen LogP contribution in [0.4, 0.5) is 13.2 Å². The first-order valence-corrected chi connectivity index (χ1v) is 5.01. The number of carboxylic acid groups (broad SMARTS) is 1. The molecule has 1 aliphatic heterocycles. The summed E-state index contributed by atoms with van der Waals surface area (Å²) in [5.74, 6) is -2.02. The number of halogens is 3. The maximum atomic E-state index is 12.4. The summed E-state index contributed by atoms with van der Waals surface area (Å²) in [5, 5.41) is 6.99. The van der Waals surface area contributed by atoms with E-state index in [2.05, 4.69) is 0 Å². The third-order valence-corrected chi connectivity index (χ3v) is 3.58. The van der Waals surface area contributed by atoms with E-state index in [0.717, 1.165) is 4.90 Å². The molecule has 1 aliphatic rings. The third kappa shape index (κ3) is 2.58. The lowest BCUT2D eigenvalue weighted by molar-refractivity contribution is -0.148. The minimum atomic E-state index is -4.35. The predicted octanol–water partition coefficient (Wildman–Crippen LogP) is 2.12. The maximum absolute atomic E-state index is 12.4. The summed E-state index contributed by atoms with van der Waals surface area (Å²) in [7, 11) is 1.28. The van der Waals surface area contributed by atoms with E-state index in [1.165, 1.54) is 20.2 Å². The molecule has 0 bridgehead atoms. The van der Waals surface area contributed by atoms with Crippen molar-refractivity contribution >= 4 is 17.7 Å². The van der Waals surface area contributed by atoms with Gasteiger partial charge >= 0.3 is 12.1 Å². The van der Waals surface area contributed by atoms with Gasteiger partial charge in [-0.15, -0.1) is 0 Å². The monoisotopic (exact) mass is 241 g/mol. The average molecular weight is 241 g/mol. The molecule has 0 saturated heterocycles. The summed E-state index contributed by atoms with van der Waals surface area (Å²) in [5.41, 5.74) is 0. The summed E-state index contributed by atoms with van der Waals surface area (Å²) in [6.07, 6.45) is -3.11. The molecule has 0 aromatic heterocycles. The van der Waals surface area contributed by atoms with E-state index in [1.54, 1.807) is 0 Å². The summed E-state index contributed by atoms with van der Waals surface area (Å²) in [6, 6.07) is 0. The highest BCUT2D eigenvalue weighted by Gasteiger charge is 2.46. The normalized spacial score (nSPS) is 23.9. The Kier molecular flexibility index (Phi) is 3.22. The van der Waals surface area contributed by atoms with Gasteiger partial charge in [0.1, 0.15) is 0 Å². The first-order chi connectivity index (χ1) is 6.73. The second-order valence-electron chi connectivity index (χ2n) is 3.27. The number of alkyl halides is 3. The molecule has 0 amide bonds. The highest BCUT2D eigenvalue weighted by Crippen LogP contribution is 2.43. The smallest absolute Gasteiger partial charge is 0.418 e. The van der Waals surface area contributed by atoms with Gasteiger partial charge < -0.3 is 10.0 Å². The summed E-state index contributed by atoms with van der Waals surface area (Å²) in [4.78, 5) is 11.8. The standard InChI is InChI=1S/C8H10F3NO2S/c1-4(6(13)14)5-3-12(2)7(15-5)8(9,10)11/h3-4,7H,1-2H3,(H,13,14). The number of carbonyl (C=O) groups is 1. The van der Waals surface area contributed by atoms with Gasteiger partial charge in [-0.05, 0) is 6.92 Å². The molecule has 2 unspecified atom stereocenters. The van der Waals surface area contributed by atoms with Gasteiger partial charge in [-0.3, -0.25) is 4.79 Å². The van der Waals surface area contributed by atoms with Gasteiger partial charge in [-0.25, -0.2) is 0 Å². The molecule has 0 fully saturated rings. The first kappa shape index (κ1) is 12.2. The van der Waals surface area contributed by atoms with Crippen LogP contribution in [0.3, 0.4) is 0 Å². The maximum Gasteiger partial charge on any atom is 0.418 e. The van der Waals surface area contributed by atoms with Crippen molar-refractivity contribution in [2.24, 2.45) is 5.92 Å². The molecule has 0 aromatic rings. The Bertz CT molecular complexity index is 303. The fraction of sp³-hybridized carbons (Fsp3) is 0.625. The molecule has 0 aliphatic carbocycles. The molecule has 15 heavy (non-hydrogen) atoms. The molecular weight excluding hydrogens is 231 g/mol. The van der Waals surface area contributed by atoms with Crippen molar-refractivity contribution in [1.29, 1.82) is 0 Å². The zero-order valence-electron chi connectivity index (χ0n) is 8.08. The number of nitrogens with zero attached hydrogens (tertiary/aromatic N) is 1. The van der Waals surface area contributed by atoms with Crippen LogP contribution in [-0.4, -0.2) is 34.6 Å². The van der Waals surface area contributed by atoms with E-state index in [-0.39, 0.29) is 4.91 Å². The Morgan fingerprint density at radius 3 is 2.53 bits per heavy atom. The van der Waals surface area contributed by atoms with Crippen molar-refractivity contribution in [2.45, 2.75) is 18.5 Å². The Morgan fingerprint density at radius 1 is 1.67 bits per heavy atom. The van der Waals surface area contributed by atoms with Crippen molar-refractivity contribution in [2.75, 3.05) is 7.05 Å². The van der Waals surface area contributed by atoms with Gasteiger partial charge in [0.2, 0.25) is 0 Å². The molecule has 3 nitrogen and oxygen atoms in total. The predicted molar refractivity (Wildman–Crippen MR) is 50.1 cm³/mol. The van der Waals surface area contributed by atoms with Crippen LogP contribution in [-0.2, 0) is 4.79 Å². The van der Waals surface area contributed by atoms with Crippen molar-refractivity contribution in [1.82, 2.24) is 4.90 Å². The van der Waals surface area contributed by atoms with Crippen molar-refractivity contribution in [3.63, 3.8) is 0 Å². The fourth-order valence-electron chi connectivity index (χ4n) is 1.14. The third-order valence-electron chi connectivity index (χ3n) is 2.03. The largest absolute Gasteiger partial charge is 0.481 e. The number of carboxylic acids is 1. The molecular formula is C8H10F3NO2S. The van der Waals surface area contributed by atoms with E-state index < -0.39 is 23.4 Å². The molecule has 86 valence electrons. The van der Waals surface area contributed by atoms with Crippen molar-refractivity contribution in [3.8, 4) is 0 Å². The molecule has 1 rings (SSSR count). The molecule has 7 heteroatoms. The SMILES string of the molecule is CC(C(=O)O)C1=CN(C)C(C(F)(F)F)S1. The van der Waals surface area contributed by atoms with Gasteiger partial charge in [-0.2, -0.15) is 13.2 Å². The summed E-state index contributed by atoms with van der Waals surface area (Å²) >= 11 is 0.543. The second kappa shape index (κ2) is 3.96. The van der Waals surface area contributed by atoms with Crippen LogP contribution >= 0.6 is 11.8 Å². The second-order valence-corrected chi connectivity index (χ2v) is 4.42. The highest BCUT2D eigenvalue weighted by molar-refractivity contribution is 8.03. The van der Waals surface area contributed by atoms with Crippen LogP contribution in [0.25, 0.3) is 0 Å².